The van der Waals surface area contributed by atoms with Crippen LogP contribution in [-0.2, 0) is 0 Å². The molecular formula is C9H11FN6. The molecule has 0 saturated heterocycles. The number of aromatic nitrogens is 5. The zero-order valence-electron chi connectivity index (χ0n) is 9.19. The maximum atomic E-state index is 13.5. The van der Waals surface area contributed by atoms with Gasteiger partial charge < -0.3 is 5.32 Å². The van der Waals surface area contributed by atoms with Crippen LogP contribution in [0, 0.1) is 19.7 Å². The molecule has 7 heteroatoms. The van der Waals surface area contributed by atoms with Crippen LogP contribution in [0.15, 0.2) is 6.20 Å². The van der Waals surface area contributed by atoms with Crippen molar-refractivity contribution in [1.82, 2.24) is 24.7 Å². The van der Waals surface area contributed by atoms with Gasteiger partial charge in [0.15, 0.2) is 11.6 Å². The van der Waals surface area contributed by atoms with Crippen LogP contribution in [0.1, 0.15) is 11.6 Å². The molecule has 0 bridgehead atoms. The summed E-state index contributed by atoms with van der Waals surface area (Å²) in [5.41, 5.74) is 0. The zero-order valence-corrected chi connectivity index (χ0v) is 9.19. The molecule has 0 aliphatic rings. The van der Waals surface area contributed by atoms with Gasteiger partial charge in [-0.3, -0.25) is 0 Å². The molecule has 0 radical (unpaired) electrons. The summed E-state index contributed by atoms with van der Waals surface area (Å²) in [4.78, 5) is 11.8. The third kappa shape index (κ3) is 1.71. The SMILES string of the molecule is CNc1ncc(F)c(-n2nc(C)nc2C)n1. The van der Waals surface area contributed by atoms with Crippen LogP contribution in [0.2, 0.25) is 0 Å². The topological polar surface area (TPSA) is 68.5 Å². The van der Waals surface area contributed by atoms with Gasteiger partial charge in [-0.05, 0) is 13.8 Å². The van der Waals surface area contributed by atoms with Crippen molar-refractivity contribution in [2.75, 3.05) is 12.4 Å². The Hall–Kier alpha value is -2.05. The van der Waals surface area contributed by atoms with Crippen molar-refractivity contribution in [1.29, 1.82) is 0 Å². The van der Waals surface area contributed by atoms with Crippen molar-refractivity contribution in [3.8, 4) is 5.82 Å². The molecule has 2 aromatic rings. The zero-order chi connectivity index (χ0) is 11.7. The number of halogens is 1. The average Bonchev–Trinajstić information content (AvgIpc) is 2.58. The molecule has 2 heterocycles. The molecule has 0 atom stereocenters. The number of aryl methyl sites for hydroxylation is 2. The van der Waals surface area contributed by atoms with Gasteiger partial charge >= 0.3 is 0 Å². The summed E-state index contributed by atoms with van der Waals surface area (Å²) in [5.74, 6) is 1.05. The summed E-state index contributed by atoms with van der Waals surface area (Å²) in [7, 11) is 1.66. The van der Waals surface area contributed by atoms with Gasteiger partial charge in [0, 0.05) is 7.05 Å². The highest BCUT2D eigenvalue weighted by atomic mass is 19.1. The van der Waals surface area contributed by atoms with Gasteiger partial charge in [-0.25, -0.2) is 14.4 Å². The molecule has 6 nitrogen and oxygen atoms in total. The predicted molar refractivity (Wildman–Crippen MR) is 55.9 cm³/mol. The van der Waals surface area contributed by atoms with Gasteiger partial charge in [-0.15, -0.1) is 5.10 Å². The molecule has 0 aromatic carbocycles. The van der Waals surface area contributed by atoms with E-state index in [0.29, 0.717) is 17.6 Å². The second kappa shape index (κ2) is 3.84. The Morgan fingerprint density at radius 1 is 1.31 bits per heavy atom. The highest BCUT2D eigenvalue weighted by molar-refractivity contribution is 5.32. The largest absolute Gasteiger partial charge is 0.357 e. The molecule has 0 saturated carbocycles. The summed E-state index contributed by atoms with van der Waals surface area (Å²) in [5, 5.41) is 6.80. The van der Waals surface area contributed by atoms with E-state index in [2.05, 4.69) is 25.4 Å². The number of hydrogen-bond acceptors (Lipinski definition) is 5. The first-order valence-corrected chi connectivity index (χ1v) is 4.72. The van der Waals surface area contributed by atoms with Gasteiger partial charge in [0.1, 0.15) is 11.6 Å². The molecule has 1 N–H and O–H groups in total. The van der Waals surface area contributed by atoms with E-state index >= 15 is 0 Å². The standard InChI is InChI=1S/C9H11FN6/c1-5-13-6(2)16(15-5)8-7(10)4-12-9(11-3)14-8/h4H,1-3H3,(H,11,12,14). The van der Waals surface area contributed by atoms with Crippen LogP contribution in [0.3, 0.4) is 0 Å². The lowest BCUT2D eigenvalue weighted by molar-refractivity contribution is 0.590. The Kier molecular flexibility index (Phi) is 2.51. The van der Waals surface area contributed by atoms with Crippen LogP contribution < -0.4 is 5.32 Å². The second-order valence-electron chi connectivity index (χ2n) is 3.23. The van der Waals surface area contributed by atoms with Crippen molar-refractivity contribution in [3.63, 3.8) is 0 Å². The van der Waals surface area contributed by atoms with E-state index in [1.807, 2.05) is 0 Å². The average molecular weight is 222 g/mol. The maximum Gasteiger partial charge on any atom is 0.224 e. The monoisotopic (exact) mass is 222 g/mol. The van der Waals surface area contributed by atoms with Gasteiger partial charge in [-0.2, -0.15) is 9.67 Å². The third-order valence-electron chi connectivity index (χ3n) is 2.02. The van der Waals surface area contributed by atoms with Crippen LogP contribution >= 0.6 is 0 Å². The summed E-state index contributed by atoms with van der Waals surface area (Å²) in [6.07, 6.45) is 1.10. The lowest BCUT2D eigenvalue weighted by Gasteiger charge is -2.05. The molecular weight excluding hydrogens is 211 g/mol. The lowest BCUT2D eigenvalue weighted by atomic mass is 10.5. The Bertz CT molecular complexity index is 521. The molecule has 0 fully saturated rings. The van der Waals surface area contributed by atoms with E-state index < -0.39 is 5.82 Å². The van der Waals surface area contributed by atoms with Crippen LogP contribution in [-0.4, -0.2) is 31.8 Å². The first-order chi connectivity index (χ1) is 7.61. The van der Waals surface area contributed by atoms with Crippen LogP contribution in [0.4, 0.5) is 10.3 Å². The fourth-order valence-corrected chi connectivity index (χ4v) is 1.35. The smallest absolute Gasteiger partial charge is 0.224 e. The normalized spacial score (nSPS) is 10.5. The molecule has 0 unspecified atom stereocenters. The first kappa shape index (κ1) is 10.5. The number of hydrogen-bond donors (Lipinski definition) is 1. The van der Waals surface area contributed by atoms with E-state index in [9.17, 15) is 4.39 Å². The molecule has 16 heavy (non-hydrogen) atoms. The van der Waals surface area contributed by atoms with Gasteiger partial charge in [0.05, 0.1) is 6.20 Å². The van der Waals surface area contributed by atoms with Crippen LogP contribution in [0.25, 0.3) is 5.82 Å². The molecule has 2 rings (SSSR count). The van der Waals surface area contributed by atoms with Gasteiger partial charge in [-0.1, -0.05) is 0 Å². The summed E-state index contributed by atoms with van der Waals surface area (Å²) in [6.45, 7) is 3.47. The van der Waals surface area contributed by atoms with Crippen LogP contribution in [0.5, 0.6) is 0 Å². The number of nitrogens with one attached hydrogen (secondary N) is 1. The van der Waals surface area contributed by atoms with Crippen molar-refractivity contribution < 1.29 is 4.39 Å². The van der Waals surface area contributed by atoms with Crippen molar-refractivity contribution in [2.45, 2.75) is 13.8 Å². The van der Waals surface area contributed by atoms with Gasteiger partial charge in [0.2, 0.25) is 5.95 Å². The number of nitrogens with zero attached hydrogens (tertiary/aromatic N) is 5. The summed E-state index contributed by atoms with van der Waals surface area (Å²) < 4.78 is 14.9. The minimum atomic E-state index is -0.535. The minimum absolute atomic E-state index is 0.0949. The minimum Gasteiger partial charge on any atom is -0.357 e. The highest BCUT2D eigenvalue weighted by Crippen LogP contribution is 2.12. The second-order valence-corrected chi connectivity index (χ2v) is 3.23. The summed E-state index contributed by atoms with van der Waals surface area (Å²) in [6, 6.07) is 0. The van der Waals surface area contributed by atoms with Crippen molar-refractivity contribution >= 4 is 5.95 Å². The van der Waals surface area contributed by atoms with E-state index in [1.54, 1.807) is 20.9 Å². The quantitative estimate of drug-likeness (QED) is 0.816. The Labute approximate surface area is 91.6 Å². The molecule has 0 spiro atoms. The van der Waals surface area contributed by atoms with E-state index in [0.717, 1.165) is 6.20 Å². The van der Waals surface area contributed by atoms with E-state index in [1.165, 1.54) is 4.68 Å². The third-order valence-corrected chi connectivity index (χ3v) is 2.02. The Morgan fingerprint density at radius 3 is 2.62 bits per heavy atom. The molecule has 84 valence electrons. The fourth-order valence-electron chi connectivity index (χ4n) is 1.35. The molecule has 0 aliphatic carbocycles. The van der Waals surface area contributed by atoms with Gasteiger partial charge in [0.25, 0.3) is 0 Å². The molecule has 2 aromatic heterocycles. The fraction of sp³-hybridized carbons (Fsp3) is 0.333. The lowest BCUT2D eigenvalue weighted by Crippen LogP contribution is -2.08. The maximum absolute atomic E-state index is 13.5. The molecule has 0 amide bonds. The van der Waals surface area contributed by atoms with E-state index in [-0.39, 0.29) is 5.82 Å². The number of rotatable bonds is 2. The summed E-state index contributed by atoms with van der Waals surface area (Å²) >= 11 is 0. The number of anilines is 1. The predicted octanol–water partition coefficient (Wildman–Crippen LogP) is 0.855. The first-order valence-electron chi connectivity index (χ1n) is 4.72. The van der Waals surface area contributed by atoms with Crippen molar-refractivity contribution in [3.05, 3.63) is 23.7 Å². The molecule has 0 aliphatic heterocycles. The Balaban J connectivity index is 2.58. The Morgan fingerprint density at radius 2 is 2.06 bits per heavy atom. The van der Waals surface area contributed by atoms with E-state index in [4.69, 9.17) is 0 Å². The highest BCUT2D eigenvalue weighted by Gasteiger charge is 2.12. The van der Waals surface area contributed by atoms with Crippen molar-refractivity contribution in [2.24, 2.45) is 0 Å².